The minimum Gasteiger partial charge on any atom is -0.507 e. The minimum atomic E-state index is -1.98. The number of carbonyl (C=O) groups is 3. The molecule has 2 aromatic carbocycles. The van der Waals surface area contributed by atoms with Crippen LogP contribution in [0.1, 0.15) is 82.6 Å². The molecule has 0 saturated heterocycles. The Labute approximate surface area is 360 Å². The van der Waals surface area contributed by atoms with E-state index in [1.165, 1.54) is 53.2 Å². The Hall–Kier alpha value is -5.55. The van der Waals surface area contributed by atoms with Crippen LogP contribution < -0.4 is 15.8 Å². The van der Waals surface area contributed by atoms with E-state index in [0.29, 0.717) is 4.99 Å². The highest BCUT2D eigenvalue weighted by atomic mass is 32.1. The molecule has 0 fully saturated rings. The van der Waals surface area contributed by atoms with Crippen LogP contribution in [-0.4, -0.2) is 90.5 Å². The average Bonchev–Trinajstić information content (AvgIpc) is 3.49. The van der Waals surface area contributed by atoms with Crippen molar-refractivity contribution in [2.24, 2.45) is 29.4 Å². The number of phenols is 3. The lowest BCUT2D eigenvalue weighted by molar-refractivity contribution is -0.160. The summed E-state index contributed by atoms with van der Waals surface area (Å²) in [5, 5.41) is 58.2. The van der Waals surface area contributed by atoms with Gasteiger partial charge in [0.05, 0.1) is 41.2 Å². The first-order valence-electron chi connectivity index (χ1n) is 19.9. The van der Waals surface area contributed by atoms with Gasteiger partial charge >= 0.3 is 11.8 Å². The van der Waals surface area contributed by atoms with Crippen LogP contribution in [0, 0.1) is 30.6 Å². The number of Topliss-reactive ketones (excluding diaryl/α,β-unsaturated/α-hetero) is 1. The number of phenolic OH excluding ortho intramolecular Hbond substituents is 3. The smallest absolute Gasteiger partial charge is 0.312 e. The van der Waals surface area contributed by atoms with Gasteiger partial charge in [0.1, 0.15) is 28.3 Å². The molecule has 330 valence electrons. The monoisotopic (exact) mass is 863 g/mol. The summed E-state index contributed by atoms with van der Waals surface area (Å²) in [5.41, 5.74) is 7.27. The maximum atomic E-state index is 13.9. The number of pyridine rings is 1. The van der Waals surface area contributed by atoms with Crippen molar-refractivity contribution in [1.29, 1.82) is 0 Å². The molecular weight excluding hydrogens is 807 g/mol. The number of anilines is 1. The van der Waals surface area contributed by atoms with Gasteiger partial charge in [-0.3, -0.25) is 19.4 Å². The highest BCUT2D eigenvalue weighted by molar-refractivity contribution is 7.80. The van der Waals surface area contributed by atoms with Gasteiger partial charge in [0.25, 0.3) is 11.7 Å². The van der Waals surface area contributed by atoms with Crippen molar-refractivity contribution < 1.29 is 58.9 Å². The van der Waals surface area contributed by atoms with E-state index in [1.54, 1.807) is 46.0 Å². The number of hydrogen-bond donors (Lipinski definition) is 7. The molecule has 61 heavy (non-hydrogen) atoms. The average molecular weight is 864 g/mol. The molecule has 3 aromatic rings. The minimum absolute atomic E-state index is 0.0709. The van der Waals surface area contributed by atoms with Crippen molar-refractivity contribution in [1.82, 2.24) is 4.98 Å². The molecule has 3 aliphatic rings. The molecule has 15 nitrogen and oxygen atoms in total. The van der Waals surface area contributed by atoms with Gasteiger partial charge < -0.3 is 55.5 Å². The molecule has 0 radical (unpaired) electrons. The number of ketones is 1. The largest absolute Gasteiger partial charge is 0.507 e. The van der Waals surface area contributed by atoms with Crippen molar-refractivity contribution in [2.75, 3.05) is 12.4 Å². The van der Waals surface area contributed by atoms with Crippen LogP contribution in [0.4, 0.5) is 5.69 Å². The third-order valence-electron chi connectivity index (χ3n) is 11.3. The van der Waals surface area contributed by atoms with Gasteiger partial charge in [-0.05, 0) is 38.5 Å². The number of benzene rings is 2. The molecule has 1 aromatic heterocycles. The Morgan fingerprint density at radius 1 is 1.00 bits per heavy atom. The van der Waals surface area contributed by atoms with Crippen molar-refractivity contribution >= 4 is 51.3 Å². The summed E-state index contributed by atoms with van der Waals surface area (Å²) < 4.78 is 23.2. The van der Waals surface area contributed by atoms with E-state index in [-0.39, 0.29) is 38.9 Å². The summed E-state index contributed by atoms with van der Waals surface area (Å²) in [7, 11) is 1.43. The number of nitrogens with two attached hydrogens (primary N) is 1. The molecule has 0 unspecified atom stereocenters. The number of rotatable bonds is 4. The highest BCUT2D eigenvalue weighted by Gasteiger charge is 2.49. The molecule has 1 amide bonds. The summed E-state index contributed by atoms with van der Waals surface area (Å²) in [6, 6.07) is 4.80. The van der Waals surface area contributed by atoms with Crippen molar-refractivity contribution in [3.05, 3.63) is 82.9 Å². The van der Waals surface area contributed by atoms with Crippen LogP contribution in [0.25, 0.3) is 10.8 Å². The number of amides is 1. The predicted molar refractivity (Wildman–Crippen MR) is 233 cm³/mol. The molecule has 6 rings (SSSR count). The van der Waals surface area contributed by atoms with Gasteiger partial charge in [-0.2, -0.15) is 0 Å². The maximum Gasteiger partial charge on any atom is 0.312 e. The fourth-order valence-electron chi connectivity index (χ4n) is 7.47. The molecule has 3 aliphatic heterocycles. The number of aromatic hydroxyl groups is 3. The van der Waals surface area contributed by atoms with Gasteiger partial charge in [-0.25, -0.2) is 0 Å². The zero-order valence-corrected chi connectivity index (χ0v) is 36.9. The fourth-order valence-corrected chi connectivity index (χ4v) is 7.60. The summed E-state index contributed by atoms with van der Waals surface area (Å²) >= 11 is 4.82. The number of aryl methyl sites for hydroxylation is 1. The van der Waals surface area contributed by atoms with Crippen LogP contribution in [0.3, 0.4) is 0 Å². The summed E-state index contributed by atoms with van der Waals surface area (Å²) in [6.45, 7) is 14.5. The van der Waals surface area contributed by atoms with Crippen LogP contribution >= 0.6 is 12.2 Å². The van der Waals surface area contributed by atoms with Crippen LogP contribution in [-0.2, 0) is 30.2 Å². The number of aliphatic hydroxyl groups is 2. The lowest BCUT2D eigenvalue weighted by Crippen LogP contribution is -2.46. The number of methoxy groups -OCH3 is 1. The zero-order chi connectivity index (χ0) is 45.7. The van der Waals surface area contributed by atoms with E-state index < -0.39 is 88.8 Å². The first kappa shape index (κ1) is 48.1. The van der Waals surface area contributed by atoms with E-state index in [2.05, 4.69) is 10.3 Å². The lowest BCUT2D eigenvalue weighted by atomic mass is 9.78. The van der Waals surface area contributed by atoms with Gasteiger partial charge in [0.2, 0.25) is 0 Å². The lowest BCUT2D eigenvalue weighted by Gasteiger charge is -2.38. The second-order valence-electron chi connectivity index (χ2n) is 15.7. The highest BCUT2D eigenvalue weighted by Crippen LogP contribution is 2.53. The van der Waals surface area contributed by atoms with E-state index in [1.807, 2.05) is 19.1 Å². The number of fused-ring (bicyclic) bond motifs is 14. The normalized spacial score (nSPS) is 29.0. The SMILES string of the molecule is CCc1cc(C(N)=S)ccn1.CO[C@H]1/C=C/O[C@@]2(C)Oc3c(C)c(O)c4c(O)c(cc(O)c4c3C2=O)NC(=O)/C(C)=C\C=C\[C@H](C)[C@H](O)[C@@H](C)[C@@H](O)[C@@H](C)[C@H](OC(C)=O)[C@@H]1C. The molecule has 9 atom stereocenters. The zero-order valence-electron chi connectivity index (χ0n) is 36.0. The maximum absolute atomic E-state index is 13.9. The molecule has 8 N–H and O–H groups in total. The molecule has 0 saturated carbocycles. The van der Waals surface area contributed by atoms with Crippen molar-refractivity contribution in [2.45, 2.75) is 98.9 Å². The van der Waals surface area contributed by atoms with Crippen LogP contribution in [0.15, 0.2) is 60.5 Å². The van der Waals surface area contributed by atoms with E-state index in [0.717, 1.165) is 23.7 Å². The van der Waals surface area contributed by atoms with Crippen molar-refractivity contribution in [3.63, 3.8) is 0 Å². The second kappa shape index (κ2) is 19.9. The fraction of sp³-hybridized carbons (Fsp3) is 0.444. The summed E-state index contributed by atoms with van der Waals surface area (Å²) in [5.74, 6) is -7.99. The van der Waals surface area contributed by atoms with Gasteiger partial charge in [-0.15, -0.1) is 0 Å². The van der Waals surface area contributed by atoms with E-state index in [4.69, 9.17) is 36.9 Å². The molecule has 0 spiro atoms. The summed E-state index contributed by atoms with van der Waals surface area (Å²) in [6.07, 6.45) is 6.26. The third-order valence-corrected chi connectivity index (χ3v) is 11.5. The first-order valence-corrected chi connectivity index (χ1v) is 20.3. The Morgan fingerprint density at radius 3 is 2.28 bits per heavy atom. The van der Waals surface area contributed by atoms with E-state index in [9.17, 15) is 39.9 Å². The Kier molecular flexibility index (Phi) is 15.7. The molecule has 4 heterocycles. The van der Waals surface area contributed by atoms with Gasteiger partial charge in [-0.1, -0.05) is 65.1 Å². The molecular formula is C45H57N3O12S. The van der Waals surface area contributed by atoms with Crippen molar-refractivity contribution in [3.8, 4) is 23.0 Å². The standard InChI is InChI=1S/C37H47NO12.C8H10N2S/c1-16-11-10-12-17(2)36(46)38-23-15-24(40)26-27(32(23)44)31(43)21(6)34-28(26)35(45)37(8,50-34)48-14-13-25(47-9)18(3)33(49-22(7)39)20(5)30(42)19(4)29(16)41;1-2-7-5-6(8(9)11)3-4-10-7/h10-16,18-20,25,29-30,33,40-44H,1-9H3,(H,38,46);3-5H,2H2,1H3,(H2,9,11)/b11-10+,14-13+,17-12-;/t16-,18+,19+,20+,25-,29-,30+,33+,37-;/m0./s1. The molecule has 0 aliphatic carbocycles. The third kappa shape index (κ3) is 10.3. The molecule has 5 bridgehead atoms. The Balaban J connectivity index is 0.000000645. The number of aliphatic hydroxyl groups excluding tert-OH is 2. The number of carbonyl (C=O) groups excluding carboxylic acids is 3. The first-order chi connectivity index (χ1) is 28.6. The number of nitrogens with one attached hydrogen (secondary N) is 1. The Bertz CT molecular complexity index is 2260. The number of aromatic nitrogens is 1. The number of allylic oxidation sites excluding steroid dienone is 2. The quantitative estimate of drug-likeness (QED) is 0.0686. The number of esters is 1. The molecule has 16 heteroatoms. The number of nitrogens with zero attached hydrogens (tertiary/aromatic N) is 1. The van der Waals surface area contributed by atoms with E-state index >= 15 is 0 Å². The number of hydrogen-bond acceptors (Lipinski definition) is 14. The van der Waals surface area contributed by atoms with Crippen LogP contribution in [0.5, 0.6) is 23.0 Å². The van der Waals surface area contributed by atoms with Gasteiger partial charge in [0.15, 0.2) is 5.75 Å². The second-order valence-corrected chi connectivity index (χ2v) is 16.1. The van der Waals surface area contributed by atoms with Crippen LogP contribution in [0.2, 0.25) is 0 Å². The number of ether oxygens (including phenoxy) is 4. The number of thiocarbonyl (C=S) groups is 1. The Morgan fingerprint density at radius 2 is 1.67 bits per heavy atom. The predicted octanol–water partition coefficient (Wildman–Crippen LogP) is 6.03. The topological polar surface area (TPSA) is 240 Å². The van der Waals surface area contributed by atoms with Gasteiger partial charge in [0, 0.05) is 84.7 Å². The summed E-state index contributed by atoms with van der Waals surface area (Å²) in [4.78, 5) is 43.8.